The van der Waals surface area contributed by atoms with E-state index in [1.807, 2.05) is 6.07 Å². The lowest BCUT2D eigenvalue weighted by Gasteiger charge is -2.33. The average molecular weight is 324 g/mol. The van der Waals surface area contributed by atoms with Gasteiger partial charge in [-0.2, -0.15) is 0 Å². The molecule has 2 N–H and O–H groups in total. The molecule has 0 atom stereocenters. The van der Waals surface area contributed by atoms with Crippen LogP contribution in [0, 0.1) is 13.8 Å². The third kappa shape index (κ3) is 3.73. The topological polar surface area (TPSA) is 24.1 Å². The Balaban J connectivity index is 1.78. The Bertz CT molecular complexity index is 702. The van der Waals surface area contributed by atoms with Gasteiger partial charge in [-0.1, -0.05) is 54.8 Å². The summed E-state index contributed by atoms with van der Waals surface area (Å²) in [5.41, 5.74) is 4.89. The van der Waals surface area contributed by atoms with Crippen LogP contribution in [0.3, 0.4) is 0 Å². The van der Waals surface area contributed by atoms with Crippen LogP contribution in [-0.4, -0.2) is 5.11 Å². The minimum absolute atomic E-state index is 0.0278. The van der Waals surface area contributed by atoms with Crippen LogP contribution >= 0.6 is 12.2 Å². The Kier molecular flexibility index (Phi) is 4.67. The van der Waals surface area contributed by atoms with E-state index >= 15 is 0 Å². The first-order valence-electron chi connectivity index (χ1n) is 8.30. The second-order valence-electron chi connectivity index (χ2n) is 6.61. The summed E-state index contributed by atoms with van der Waals surface area (Å²) in [4.78, 5) is 0. The maximum absolute atomic E-state index is 5.60. The van der Waals surface area contributed by atoms with E-state index in [0.29, 0.717) is 5.11 Å². The van der Waals surface area contributed by atoms with Gasteiger partial charge in [0.1, 0.15) is 0 Å². The van der Waals surface area contributed by atoms with Gasteiger partial charge in [0.15, 0.2) is 5.11 Å². The van der Waals surface area contributed by atoms with Crippen molar-refractivity contribution in [3.8, 4) is 0 Å². The molecular weight excluding hydrogens is 300 g/mol. The molecule has 0 radical (unpaired) electrons. The molecule has 0 saturated heterocycles. The SMILES string of the molecule is Cc1cccc(NC(=S)NC2(c3cccc(C)c3)CCCC2)c1. The fourth-order valence-electron chi connectivity index (χ4n) is 3.51. The first kappa shape index (κ1) is 16.0. The third-order valence-corrected chi connectivity index (χ3v) is 4.86. The zero-order valence-corrected chi connectivity index (χ0v) is 14.7. The number of hydrogen-bond donors (Lipinski definition) is 2. The summed E-state index contributed by atoms with van der Waals surface area (Å²) in [5.74, 6) is 0. The smallest absolute Gasteiger partial charge is 0.171 e. The zero-order valence-electron chi connectivity index (χ0n) is 13.9. The number of hydrogen-bond acceptors (Lipinski definition) is 1. The van der Waals surface area contributed by atoms with Crippen molar-refractivity contribution >= 4 is 23.0 Å². The zero-order chi connectivity index (χ0) is 16.3. The van der Waals surface area contributed by atoms with Crippen LogP contribution in [0.2, 0.25) is 0 Å². The number of nitrogens with one attached hydrogen (secondary N) is 2. The highest BCUT2D eigenvalue weighted by Gasteiger charge is 2.36. The third-order valence-electron chi connectivity index (χ3n) is 4.66. The van der Waals surface area contributed by atoms with E-state index in [4.69, 9.17) is 12.2 Å². The molecule has 0 aromatic heterocycles. The van der Waals surface area contributed by atoms with Crippen molar-refractivity contribution in [2.45, 2.75) is 45.1 Å². The summed E-state index contributed by atoms with van der Waals surface area (Å²) in [6.07, 6.45) is 4.75. The average Bonchev–Trinajstić information content (AvgIpc) is 2.97. The van der Waals surface area contributed by atoms with E-state index < -0.39 is 0 Å². The van der Waals surface area contributed by atoms with Gasteiger partial charge in [-0.25, -0.2) is 0 Å². The Hall–Kier alpha value is -1.87. The van der Waals surface area contributed by atoms with Crippen molar-refractivity contribution in [3.63, 3.8) is 0 Å². The Labute approximate surface area is 144 Å². The molecule has 120 valence electrons. The molecule has 2 nitrogen and oxygen atoms in total. The molecule has 0 amide bonds. The quantitative estimate of drug-likeness (QED) is 0.772. The summed E-state index contributed by atoms with van der Waals surface area (Å²) in [7, 11) is 0. The molecule has 1 fully saturated rings. The summed E-state index contributed by atoms with van der Waals surface area (Å²) in [5, 5.41) is 7.67. The Morgan fingerprint density at radius 1 is 0.957 bits per heavy atom. The van der Waals surface area contributed by atoms with Crippen molar-refractivity contribution in [2.75, 3.05) is 5.32 Å². The minimum atomic E-state index is -0.0278. The summed E-state index contributed by atoms with van der Waals surface area (Å²) in [6, 6.07) is 17.1. The molecular formula is C20H24N2S. The number of aryl methyl sites for hydroxylation is 2. The first-order chi connectivity index (χ1) is 11.1. The van der Waals surface area contributed by atoms with Gasteiger partial charge in [-0.3, -0.25) is 0 Å². The fraction of sp³-hybridized carbons (Fsp3) is 0.350. The molecule has 0 bridgehead atoms. The van der Waals surface area contributed by atoms with Gasteiger partial charge >= 0.3 is 0 Å². The monoisotopic (exact) mass is 324 g/mol. The second-order valence-corrected chi connectivity index (χ2v) is 7.02. The highest BCUT2D eigenvalue weighted by molar-refractivity contribution is 7.80. The van der Waals surface area contributed by atoms with Crippen LogP contribution in [0.5, 0.6) is 0 Å². The normalized spacial score (nSPS) is 16.1. The highest BCUT2D eigenvalue weighted by atomic mass is 32.1. The molecule has 0 heterocycles. The van der Waals surface area contributed by atoms with E-state index in [2.05, 4.69) is 66.9 Å². The molecule has 0 unspecified atom stereocenters. The number of rotatable bonds is 3. The molecule has 2 aromatic rings. The van der Waals surface area contributed by atoms with Gasteiger partial charge in [0, 0.05) is 5.69 Å². The van der Waals surface area contributed by atoms with Crippen molar-refractivity contribution in [3.05, 3.63) is 65.2 Å². The molecule has 3 rings (SSSR count). The number of thiocarbonyl (C=S) groups is 1. The van der Waals surface area contributed by atoms with Gasteiger partial charge in [-0.05, 0) is 62.2 Å². The lowest BCUT2D eigenvalue weighted by atomic mass is 9.87. The van der Waals surface area contributed by atoms with Gasteiger partial charge in [0.25, 0.3) is 0 Å². The van der Waals surface area contributed by atoms with Crippen LogP contribution in [-0.2, 0) is 5.54 Å². The largest absolute Gasteiger partial charge is 0.353 e. The molecule has 3 heteroatoms. The van der Waals surface area contributed by atoms with Crippen LogP contribution < -0.4 is 10.6 Å². The van der Waals surface area contributed by atoms with Crippen molar-refractivity contribution < 1.29 is 0 Å². The van der Waals surface area contributed by atoms with Crippen molar-refractivity contribution in [1.82, 2.24) is 5.32 Å². The molecule has 1 aliphatic carbocycles. The van der Waals surface area contributed by atoms with E-state index in [1.54, 1.807) is 0 Å². The summed E-state index contributed by atoms with van der Waals surface area (Å²) in [6.45, 7) is 4.24. The molecule has 0 aliphatic heterocycles. The Morgan fingerprint density at radius 2 is 1.61 bits per heavy atom. The van der Waals surface area contributed by atoms with Gasteiger partial charge in [0.05, 0.1) is 5.54 Å². The molecule has 23 heavy (non-hydrogen) atoms. The number of benzene rings is 2. The predicted molar refractivity (Wildman–Crippen MR) is 102 cm³/mol. The van der Waals surface area contributed by atoms with Gasteiger partial charge in [-0.15, -0.1) is 0 Å². The predicted octanol–water partition coefficient (Wildman–Crippen LogP) is 5.06. The van der Waals surface area contributed by atoms with Crippen molar-refractivity contribution in [2.24, 2.45) is 0 Å². The van der Waals surface area contributed by atoms with Crippen LogP contribution in [0.25, 0.3) is 0 Å². The molecule has 1 saturated carbocycles. The maximum atomic E-state index is 5.60. The van der Waals surface area contributed by atoms with E-state index in [1.165, 1.54) is 29.5 Å². The lowest BCUT2D eigenvalue weighted by Crippen LogP contribution is -2.45. The standard InChI is InChI=1S/C20H24N2S/c1-15-7-5-9-17(13-15)20(11-3-4-12-20)22-19(23)21-18-10-6-8-16(2)14-18/h5-10,13-14H,3-4,11-12H2,1-2H3,(H2,21,22,23). The fourth-order valence-corrected chi connectivity index (χ4v) is 3.82. The van der Waals surface area contributed by atoms with E-state index in [0.717, 1.165) is 18.5 Å². The second kappa shape index (κ2) is 6.71. The Morgan fingerprint density at radius 3 is 2.26 bits per heavy atom. The maximum Gasteiger partial charge on any atom is 0.171 e. The van der Waals surface area contributed by atoms with Crippen molar-refractivity contribution in [1.29, 1.82) is 0 Å². The summed E-state index contributed by atoms with van der Waals surface area (Å²) < 4.78 is 0. The van der Waals surface area contributed by atoms with E-state index in [9.17, 15) is 0 Å². The van der Waals surface area contributed by atoms with Crippen LogP contribution in [0.15, 0.2) is 48.5 Å². The van der Waals surface area contributed by atoms with Crippen LogP contribution in [0.4, 0.5) is 5.69 Å². The summed E-state index contributed by atoms with van der Waals surface area (Å²) >= 11 is 5.60. The lowest BCUT2D eigenvalue weighted by molar-refractivity contribution is 0.408. The van der Waals surface area contributed by atoms with Crippen LogP contribution in [0.1, 0.15) is 42.4 Å². The molecule has 2 aromatic carbocycles. The minimum Gasteiger partial charge on any atom is -0.353 e. The number of anilines is 1. The van der Waals surface area contributed by atoms with Gasteiger partial charge < -0.3 is 10.6 Å². The molecule has 1 aliphatic rings. The van der Waals surface area contributed by atoms with Gasteiger partial charge in [0.2, 0.25) is 0 Å². The molecule has 0 spiro atoms. The highest BCUT2D eigenvalue weighted by Crippen LogP contribution is 2.39. The first-order valence-corrected chi connectivity index (χ1v) is 8.71. The van der Waals surface area contributed by atoms with E-state index in [-0.39, 0.29) is 5.54 Å².